The minimum atomic E-state index is -0.927. The molecule has 2 saturated heterocycles. The van der Waals surface area contributed by atoms with E-state index in [2.05, 4.69) is 0 Å². The minimum Gasteiger partial charge on any atom is -0.450 e. The molecule has 0 amide bonds. The summed E-state index contributed by atoms with van der Waals surface area (Å²) in [6.45, 7) is 1.28. The van der Waals surface area contributed by atoms with Gasteiger partial charge in [-0.05, 0) is 6.92 Å². The van der Waals surface area contributed by atoms with Gasteiger partial charge in [-0.2, -0.15) is 0 Å². The molecule has 4 atom stereocenters. The number of rotatable bonds is 1. The highest BCUT2D eigenvalue weighted by Crippen LogP contribution is 2.27. The van der Waals surface area contributed by atoms with Crippen LogP contribution in [0.1, 0.15) is 6.92 Å². The highest BCUT2D eigenvalue weighted by atomic mass is 16.7. The van der Waals surface area contributed by atoms with Crippen molar-refractivity contribution < 1.29 is 28.9 Å². The van der Waals surface area contributed by atoms with E-state index in [1.54, 1.807) is 6.92 Å². The molecule has 0 spiro atoms. The Morgan fingerprint density at radius 1 is 1.36 bits per heavy atom. The second kappa shape index (κ2) is 3.30. The van der Waals surface area contributed by atoms with Crippen molar-refractivity contribution in [3.05, 3.63) is 0 Å². The fourth-order valence-corrected chi connectivity index (χ4v) is 1.63. The molecule has 0 aliphatic carbocycles. The quantitative estimate of drug-likeness (QED) is 0.416. The summed E-state index contributed by atoms with van der Waals surface area (Å²) in [5, 5.41) is 8.95. The van der Waals surface area contributed by atoms with Gasteiger partial charge in [-0.1, -0.05) is 0 Å². The molecule has 0 aromatic rings. The number of hydrogen-bond acceptors (Lipinski definition) is 6. The Balaban J connectivity index is 2.20. The van der Waals surface area contributed by atoms with Crippen LogP contribution in [-0.2, 0) is 23.8 Å². The van der Waals surface area contributed by atoms with Gasteiger partial charge in [0.05, 0.1) is 6.61 Å². The molecule has 2 aliphatic rings. The number of esters is 1. The normalized spacial score (nSPS) is 42.1. The van der Waals surface area contributed by atoms with Crippen LogP contribution in [0.25, 0.3) is 0 Å². The third-order valence-corrected chi connectivity index (χ3v) is 2.25. The van der Waals surface area contributed by atoms with Crippen LogP contribution in [-0.4, -0.2) is 48.1 Å². The van der Waals surface area contributed by atoms with Crippen molar-refractivity contribution in [3.63, 3.8) is 0 Å². The Kier molecular flexibility index (Phi) is 2.26. The van der Waals surface area contributed by atoms with Crippen LogP contribution in [0.5, 0.6) is 0 Å². The topological polar surface area (TPSA) is 82.1 Å². The van der Waals surface area contributed by atoms with Gasteiger partial charge < -0.3 is 19.3 Å². The van der Waals surface area contributed by atoms with Crippen molar-refractivity contribution in [2.24, 2.45) is 0 Å². The van der Waals surface area contributed by atoms with E-state index in [-0.39, 0.29) is 6.61 Å². The SMILES string of the molecule is CC1O[C@@H](CO)[C@H]2OC(=O)C(=O)[C@H]2O1. The Bertz CT molecular complexity index is 275. The van der Waals surface area contributed by atoms with Gasteiger partial charge in [-0.3, -0.25) is 4.79 Å². The first-order valence-corrected chi connectivity index (χ1v) is 4.30. The summed E-state index contributed by atoms with van der Waals surface area (Å²) in [6.07, 6.45) is -3.04. The number of Topliss-reactive ketones (excluding diaryl/α,β-unsaturated/α-hetero) is 1. The lowest BCUT2D eigenvalue weighted by Gasteiger charge is -2.33. The molecule has 2 heterocycles. The molecule has 6 nitrogen and oxygen atoms in total. The minimum absolute atomic E-state index is 0.310. The van der Waals surface area contributed by atoms with Crippen LogP contribution in [0.3, 0.4) is 0 Å². The van der Waals surface area contributed by atoms with Crippen molar-refractivity contribution >= 4 is 11.8 Å². The molecule has 0 radical (unpaired) electrons. The maximum absolute atomic E-state index is 11.2. The summed E-state index contributed by atoms with van der Waals surface area (Å²) in [5.41, 5.74) is 0. The van der Waals surface area contributed by atoms with Gasteiger partial charge in [0.2, 0.25) is 0 Å². The molecule has 0 aromatic heterocycles. The molecule has 2 aliphatic heterocycles. The number of aliphatic hydroxyl groups excluding tert-OH is 1. The maximum atomic E-state index is 11.2. The number of ketones is 1. The fraction of sp³-hybridized carbons (Fsp3) is 0.750. The molecule has 0 aromatic carbocycles. The zero-order valence-corrected chi connectivity index (χ0v) is 7.50. The van der Waals surface area contributed by atoms with E-state index in [0.717, 1.165) is 0 Å². The average Bonchev–Trinajstić information content (AvgIpc) is 2.43. The lowest BCUT2D eigenvalue weighted by Crippen LogP contribution is -2.50. The average molecular weight is 202 g/mol. The largest absolute Gasteiger partial charge is 0.450 e. The number of ether oxygens (including phenoxy) is 3. The van der Waals surface area contributed by atoms with Crippen LogP contribution in [0, 0.1) is 0 Å². The van der Waals surface area contributed by atoms with Gasteiger partial charge in [0, 0.05) is 0 Å². The Hall–Kier alpha value is -0.980. The predicted octanol–water partition coefficient (Wildman–Crippen LogP) is -1.40. The smallest absolute Gasteiger partial charge is 0.378 e. The number of hydrogen-bond donors (Lipinski definition) is 1. The number of fused-ring (bicyclic) bond motifs is 1. The van der Waals surface area contributed by atoms with E-state index in [4.69, 9.17) is 19.3 Å². The predicted molar refractivity (Wildman–Crippen MR) is 41.2 cm³/mol. The van der Waals surface area contributed by atoms with Crippen LogP contribution in [0.4, 0.5) is 0 Å². The highest BCUT2D eigenvalue weighted by molar-refractivity contribution is 6.37. The van der Waals surface area contributed by atoms with Gasteiger partial charge in [-0.25, -0.2) is 4.79 Å². The van der Waals surface area contributed by atoms with Crippen molar-refractivity contribution in [2.45, 2.75) is 31.5 Å². The molecule has 2 rings (SSSR count). The molecule has 6 heteroatoms. The van der Waals surface area contributed by atoms with Crippen molar-refractivity contribution in [3.8, 4) is 0 Å². The Morgan fingerprint density at radius 3 is 2.71 bits per heavy atom. The van der Waals surface area contributed by atoms with Gasteiger partial charge >= 0.3 is 5.97 Å². The molecule has 2 fully saturated rings. The summed E-state index contributed by atoms with van der Waals surface area (Å²) in [6, 6.07) is 0. The Labute approximate surface area is 79.7 Å². The van der Waals surface area contributed by atoms with Crippen molar-refractivity contribution in [1.29, 1.82) is 0 Å². The van der Waals surface area contributed by atoms with Crippen LogP contribution >= 0.6 is 0 Å². The molecular weight excluding hydrogens is 192 g/mol. The van der Waals surface area contributed by atoms with E-state index in [9.17, 15) is 9.59 Å². The van der Waals surface area contributed by atoms with Gasteiger partial charge in [0.15, 0.2) is 18.5 Å². The zero-order valence-electron chi connectivity index (χ0n) is 7.50. The molecule has 78 valence electrons. The molecule has 1 unspecified atom stereocenters. The summed E-state index contributed by atoms with van der Waals surface area (Å²) >= 11 is 0. The van der Waals surface area contributed by atoms with Crippen molar-refractivity contribution in [2.75, 3.05) is 6.61 Å². The van der Waals surface area contributed by atoms with E-state index in [1.807, 2.05) is 0 Å². The number of aliphatic hydroxyl groups is 1. The van der Waals surface area contributed by atoms with E-state index >= 15 is 0 Å². The van der Waals surface area contributed by atoms with E-state index in [0.29, 0.717) is 0 Å². The van der Waals surface area contributed by atoms with Crippen molar-refractivity contribution in [1.82, 2.24) is 0 Å². The third kappa shape index (κ3) is 1.31. The first kappa shape index (κ1) is 9.57. The number of carbonyl (C=O) groups excluding carboxylic acids is 2. The number of carbonyl (C=O) groups is 2. The van der Waals surface area contributed by atoms with E-state index in [1.165, 1.54) is 0 Å². The summed E-state index contributed by atoms with van der Waals surface area (Å²) < 4.78 is 15.0. The lowest BCUT2D eigenvalue weighted by atomic mass is 10.1. The van der Waals surface area contributed by atoms with Crippen LogP contribution < -0.4 is 0 Å². The molecule has 0 bridgehead atoms. The van der Waals surface area contributed by atoms with Gasteiger partial charge in [-0.15, -0.1) is 0 Å². The molecule has 0 saturated carbocycles. The van der Waals surface area contributed by atoms with Gasteiger partial charge in [0.25, 0.3) is 5.78 Å². The summed E-state index contributed by atoms with van der Waals surface area (Å²) in [4.78, 5) is 22.1. The monoisotopic (exact) mass is 202 g/mol. The molecule has 14 heavy (non-hydrogen) atoms. The standard InChI is InChI=1S/C8H10O6/c1-3-12-4(2-9)6-7(13-3)5(10)8(11)14-6/h3-4,6-7,9H,2H2,1H3/t3?,4-,6+,7+/m0/s1. The van der Waals surface area contributed by atoms with Gasteiger partial charge in [0.1, 0.15) is 6.10 Å². The zero-order chi connectivity index (χ0) is 10.3. The molecular formula is C8H10O6. The first-order valence-electron chi connectivity index (χ1n) is 4.30. The second-order valence-corrected chi connectivity index (χ2v) is 3.22. The Morgan fingerprint density at radius 2 is 2.07 bits per heavy atom. The third-order valence-electron chi connectivity index (χ3n) is 2.25. The van der Waals surface area contributed by atoms with Crippen LogP contribution in [0.2, 0.25) is 0 Å². The second-order valence-electron chi connectivity index (χ2n) is 3.22. The van der Waals surface area contributed by atoms with Crippen LogP contribution in [0.15, 0.2) is 0 Å². The summed E-state index contributed by atoms with van der Waals surface area (Å²) in [5.74, 6) is -1.63. The first-order chi connectivity index (χ1) is 6.63. The molecule has 1 N–H and O–H groups in total. The maximum Gasteiger partial charge on any atom is 0.378 e. The highest BCUT2D eigenvalue weighted by Gasteiger charge is 2.52. The summed E-state index contributed by atoms with van der Waals surface area (Å²) in [7, 11) is 0. The lowest BCUT2D eigenvalue weighted by molar-refractivity contribution is -0.265. The van der Waals surface area contributed by atoms with E-state index < -0.39 is 36.4 Å². The fourth-order valence-electron chi connectivity index (χ4n) is 1.63.